The van der Waals surface area contributed by atoms with Gasteiger partial charge in [-0.3, -0.25) is 0 Å². The van der Waals surface area contributed by atoms with Gasteiger partial charge in [-0.15, -0.1) is 0 Å². The Hall–Kier alpha value is -3.31. The fourth-order valence-corrected chi connectivity index (χ4v) is 3.00. The minimum absolute atomic E-state index is 0.322. The zero-order chi connectivity index (χ0) is 17.9. The molecule has 0 unspecified atom stereocenters. The highest BCUT2D eigenvalue weighted by Crippen LogP contribution is 2.27. The molecule has 0 atom stereocenters. The highest BCUT2D eigenvalue weighted by atomic mass is 35.5. The molecule has 0 spiro atoms. The van der Waals surface area contributed by atoms with Gasteiger partial charge in [-0.2, -0.15) is 0 Å². The first-order valence-corrected chi connectivity index (χ1v) is 8.43. The second-order valence-corrected chi connectivity index (χ2v) is 6.20. The fraction of sp³-hybridized carbons (Fsp3) is 0. The van der Waals surface area contributed by atoms with Gasteiger partial charge in [-0.25, -0.2) is 9.78 Å². The van der Waals surface area contributed by atoms with E-state index in [4.69, 9.17) is 11.6 Å². The number of pyridine rings is 1. The largest absolute Gasteiger partial charge is 0.346 e. The lowest BCUT2D eigenvalue weighted by Gasteiger charge is -2.09. The van der Waals surface area contributed by atoms with Gasteiger partial charge in [0, 0.05) is 34.2 Å². The second kappa shape index (κ2) is 6.90. The van der Waals surface area contributed by atoms with Crippen LogP contribution in [-0.2, 0) is 0 Å². The minimum atomic E-state index is -0.322. The zero-order valence-corrected chi connectivity index (χ0v) is 14.4. The standard InChI is InChI=1S/C20H15ClN4O/c21-14-2-1-3-16(12-14)25-20(26)24-15-6-4-13(5-7-15)17-8-10-22-19-18(17)9-11-23-19/h1-12H,(H,22,23)(H2,24,25,26). The van der Waals surface area contributed by atoms with Crippen LogP contribution in [0, 0.1) is 0 Å². The molecule has 26 heavy (non-hydrogen) atoms. The molecule has 2 aromatic carbocycles. The number of anilines is 2. The number of nitrogens with zero attached hydrogens (tertiary/aromatic N) is 1. The number of carbonyl (C=O) groups is 1. The van der Waals surface area contributed by atoms with Gasteiger partial charge < -0.3 is 15.6 Å². The molecule has 6 heteroatoms. The van der Waals surface area contributed by atoms with E-state index in [-0.39, 0.29) is 6.03 Å². The number of carbonyl (C=O) groups excluding carboxylic acids is 1. The SMILES string of the molecule is O=C(Nc1ccc(-c2ccnc3[nH]ccc23)cc1)Nc1cccc(Cl)c1. The number of halogens is 1. The number of hydrogen-bond acceptors (Lipinski definition) is 2. The molecule has 2 heterocycles. The summed E-state index contributed by atoms with van der Waals surface area (Å²) in [5.41, 5.74) is 4.33. The van der Waals surface area contributed by atoms with Gasteiger partial charge in [-0.1, -0.05) is 29.8 Å². The summed E-state index contributed by atoms with van der Waals surface area (Å²) in [4.78, 5) is 19.5. The van der Waals surface area contributed by atoms with Crippen molar-refractivity contribution < 1.29 is 4.79 Å². The average molecular weight is 363 g/mol. The molecule has 0 fully saturated rings. The Morgan fingerprint density at radius 3 is 2.58 bits per heavy atom. The molecule has 2 amide bonds. The smallest absolute Gasteiger partial charge is 0.323 e. The summed E-state index contributed by atoms with van der Waals surface area (Å²) in [5, 5.41) is 7.19. The Morgan fingerprint density at radius 1 is 0.962 bits per heavy atom. The highest BCUT2D eigenvalue weighted by Gasteiger charge is 2.07. The second-order valence-electron chi connectivity index (χ2n) is 5.77. The predicted octanol–water partition coefficient (Wildman–Crippen LogP) is 5.53. The summed E-state index contributed by atoms with van der Waals surface area (Å²) in [6, 6.07) is 18.3. The lowest BCUT2D eigenvalue weighted by atomic mass is 10.0. The molecular weight excluding hydrogens is 348 g/mol. The van der Waals surface area contributed by atoms with Gasteiger partial charge in [0.15, 0.2) is 0 Å². The number of aromatic amines is 1. The number of urea groups is 1. The van der Waals surface area contributed by atoms with Crippen LogP contribution in [0.1, 0.15) is 0 Å². The summed E-state index contributed by atoms with van der Waals surface area (Å²) in [6.45, 7) is 0. The molecule has 4 rings (SSSR count). The van der Waals surface area contributed by atoms with Gasteiger partial charge >= 0.3 is 6.03 Å². The Labute approximate surface area is 155 Å². The molecule has 128 valence electrons. The van der Waals surface area contributed by atoms with Gasteiger partial charge in [0.05, 0.1) is 0 Å². The van der Waals surface area contributed by atoms with E-state index in [2.05, 4.69) is 20.6 Å². The number of nitrogens with one attached hydrogen (secondary N) is 3. The summed E-state index contributed by atoms with van der Waals surface area (Å²) < 4.78 is 0. The van der Waals surface area contributed by atoms with E-state index in [1.807, 2.05) is 42.6 Å². The van der Waals surface area contributed by atoms with Crippen molar-refractivity contribution in [1.82, 2.24) is 9.97 Å². The number of benzene rings is 2. The molecule has 0 saturated carbocycles. The maximum absolute atomic E-state index is 12.1. The molecule has 4 aromatic rings. The van der Waals surface area contributed by atoms with Crippen LogP contribution in [0.3, 0.4) is 0 Å². The van der Waals surface area contributed by atoms with Gasteiger partial charge in [-0.05, 0) is 53.6 Å². The number of H-pyrrole nitrogens is 1. The van der Waals surface area contributed by atoms with Crippen LogP contribution < -0.4 is 10.6 Å². The molecule has 0 aliphatic carbocycles. The Kier molecular flexibility index (Phi) is 4.29. The van der Waals surface area contributed by atoms with Crippen molar-refractivity contribution in [2.75, 3.05) is 10.6 Å². The molecule has 3 N–H and O–H groups in total. The number of rotatable bonds is 3. The van der Waals surface area contributed by atoms with E-state index in [0.29, 0.717) is 16.4 Å². The third-order valence-electron chi connectivity index (χ3n) is 4.00. The Balaban J connectivity index is 1.49. The van der Waals surface area contributed by atoms with Crippen LogP contribution in [-0.4, -0.2) is 16.0 Å². The minimum Gasteiger partial charge on any atom is -0.346 e. The van der Waals surface area contributed by atoms with Crippen LogP contribution in [0.25, 0.3) is 22.2 Å². The van der Waals surface area contributed by atoms with Crippen LogP contribution in [0.5, 0.6) is 0 Å². The van der Waals surface area contributed by atoms with Crippen LogP contribution in [0.4, 0.5) is 16.2 Å². The van der Waals surface area contributed by atoms with Crippen molar-refractivity contribution >= 4 is 40.0 Å². The number of fused-ring (bicyclic) bond motifs is 1. The Morgan fingerprint density at radius 2 is 1.77 bits per heavy atom. The number of aromatic nitrogens is 2. The molecule has 0 aliphatic rings. The lowest BCUT2D eigenvalue weighted by molar-refractivity contribution is 0.262. The van der Waals surface area contributed by atoms with Crippen molar-refractivity contribution in [3.05, 3.63) is 78.1 Å². The predicted molar refractivity (Wildman–Crippen MR) is 106 cm³/mol. The third-order valence-corrected chi connectivity index (χ3v) is 4.23. The van der Waals surface area contributed by atoms with E-state index < -0.39 is 0 Å². The zero-order valence-electron chi connectivity index (χ0n) is 13.7. The van der Waals surface area contributed by atoms with Crippen molar-refractivity contribution in [2.24, 2.45) is 0 Å². The molecule has 2 aromatic heterocycles. The molecule has 5 nitrogen and oxygen atoms in total. The molecule has 0 saturated heterocycles. The Bertz CT molecular complexity index is 1070. The van der Waals surface area contributed by atoms with E-state index >= 15 is 0 Å². The van der Waals surface area contributed by atoms with E-state index in [1.54, 1.807) is 30.5 Å². The topological polar surface area (TPSA) is 69.8 Å². The summed E-state index contributed by atoms with van der Waals surface area (Å²) in [6.07, 6.45) is 3.65. The number of amides is 2. The first kappa shape index (κ1) is 16.2. The highest BCUT2D eigenvalue weighted by molar-refractivity contribution is 6.30. The lowest BCUT2D eigenvalue weighted by Crippen LogP contribution is -2.19. The van der Waals surface area contributed by atoms with Crippen molar-refractivity contribution in [3.8, 4) is 11.1 Å². The van der Waals surface area contributed by atoms with Crippen LogP contribution in [0.15, 0.2) is 73.1 Å². The summed E-state index contributed by atoms with van der Waals surface area (Å²) in [5.74, 6) is 0. The van der Waals surface area contributed by atoms with Crippen molar-refractivity contribution in [2.45, 2.75) is 0 Å². The fourth-order valence-electron chi connectivity index (χ4n) is 2.81. The van der Waals surface area contributed by atoms with E-state index in [9.17, 15) is 4.79 Å². The first-order valence-electron chi connectivity index (χ1n) is 8.05. The van der Waals surface area contributed by atoms with E-state index in [1.165, 1.54) is 0 Å². The van der Waals surface area contributed by atoms with Gasteiger partial charge in [0.1, 0.15) is 5.65 Å². The van der Waals surface area contributed by atoms with Crippen molar-refractivity contribution in [3.63, 3.8) is 0 Å². The maximum atomic E-state index is 12.1. The quantitative estimate of drug-likeness (QED) is 0.448. The van der Waals surface area contributed by atoms with Crippen LogP contribution in [0.2, 0.25) is 5.02 Å². The summed E-state index contributed by atoms with van der Waals surface area (Å²) in [7, 11) is 0. The number of hydrogen-bond donors (Lipinski definition) is 3. The van der Waals surface area contributed by atoms with Gasteiger partial charge in [0.2, 0.25) is 0 Å². The third kappa shape index (κ3) is 3.38. The van der Waals surface area contributed by atoms with Crippen LogP contribution >= 0.6 is 11.6 Å². The van der Waals surface area contributed by atoms with Crippen molar-refractivity contribution in [1.29, 1.82) is 0 Å². The molecule has 0 radical (unpaired) electrons. The van der Waals surface area contributed by atoms with Gasteiger partial charge in [0.25, 0.3) is 0 Å². The molecule has 0 aliphatic heterocycles. The molecular formula is C20H15ClN4O. The normalized spacial score (nSPS) is 10.7. The van der Waals surface area contributed by atoms with E-state index in [0.717, 1.165) is 22.2 Å². The monoisotopic (exact) mass is 362 g/mol. The molecule has 0 bridgehead atoms. The summed E-state index contributed by atoms with van der Waals surface area (Å²) >= 11 is 5.92. The first-order chi connectivity index (χ1) is 12.7. The maximum Gasteiger partial charge on any atom is 0.323 e. The average Bonchev–Trinajstić information content (AvgIpc) is 3.11.